The summed E-state index contributed by atoms with van der Waals surface area (Å²) in [5.74, 6) is -10.0. The van der Waals surface area contributed by atoms with Crippen LogP contribution in [0.5, 0.6) is 0 Å². The highest BCUT2D eigenvalue weighted by Gasteiger charge is 2.73. The Morgan fingerprint density at radius 3 is 1.96 bits per heavy atom. The molecule has 1 heterocycles. The summed E-state index contributed by atoms with van der Waals surface area (Å²) < 4.78 is 49.2. The van der Waals surface area contributed by atoms with Crippen molar-refractivity contribution in [2.45, 2.75) is 185 Å². The zero-order chi connectivity index (χ0) is 67.6. The first-order valence-corrected chi connectivity index (χ1v) is 32.1. The van der Waals surface area contributed by atoms with Crippen LogP contribution in [0.3, 0.4) is 0 Å². The fraction of sp³-hybridized carbons (Fsp3) is 0.597. The van der Waals surface area contributed by atoms with Crippen LogP contribution in [-0.4, -0.2) is 190 Å². The maximum atomic E-state index is 15.8. The second-order valence-corrected chi connectivity index (χ2v) is 26.6. The van der Waals surface area contributed by atoms with Crippen LogP contribution in [0.2, 0.25) is 0 Å². The van der Waals surface area contributed by atoms with E-state index in [2.05, 4.69) is 21.3 Å². The third-order valence-electron chi connectivity index (χ3n) is 15.7. The van der Waals surface area contributed by atoms with Gasteiger partial charge in [-0.3, -0.25) is 24.0 Å². The highest BCUT2D eigenvalue weighted by atomic mass is 33.1. The van der Waals surface area contributed by atoms with Gasteiger partial charge in [-0.2, -0.15) is 0 Å². The molecule has 2 fully saturated rings. The van der Waals surface area contributed by atoms with E-state index >= 15 is 9.59 Å². The van der Waals surface area contributed by atoms with Crippen LogP contribution in [0.4, 0.5) is 9.59 Å². The number of amides is 4. The molecule has 0 unspecified atom stereocenters. The van der Waals surface area contributed by atoms with Crippen LogP contribution >= 0.6 is 21.6 Å². The quantitative estimate of drug-likeness (QED) is 0.0149. The van der Waals surface area contributed by atoms with Crippen LogP contribution in [0.25, 0.3) is 0 Å². The summed E-state index contributed by atoms with van der Waals surface area (Å²) >= 11 is 0. The Kier molecular flexibility index (Phi) is 27.2. The Morgan fingerprint density at radius 2 is 1.41 bits per heavy atom. The Labute approximate surface area is 535 Å². The van der Waals surface area contributed by atoms with E-state index in [9.17, 15) is 58.5 Å². The van der Waals surface area contributed by atoms with Crippen molar-refractivity contribution in [3.05, 3.63) is 82.9 Å². The summed E-state index contributed by atoms with van der Waals surface area (Å²) in [5, 5.41) is 49.5. The first-order chi connectivity index (χ1) is 42.8. The minimum Gasteiger partial charge on any atom is -0.481 e. The Hall–Kier alpha value is -7.31. The monoisotopic (exact) mass is 1320 g/mol. The van der Waals surface area contributed by atoms with Crippen LogP contribution in [0, 0.1) is 11.3 Å². The largest absolute Gasteiger partial charge is 0.481 e. The lowest BCUT2D eigenvalue weighted by Crippen LogP contribution is -2.77. The van der Waals surface area contributed by atoms with Gasteiger partial charge in [0.1, 0.15) is 48.1 Å². The third-order valence-corrected chi connectivity index (χ3v) is 18.1. The number of hydrogen-bond donors (Lipinski definition) is 8. The zero-order valence-corrected chi connectivity index (χ0v) is 54.2. The fourth-order valence-electron chi connectivity index (χ4n) is 11.6. The number of hydrogen-bond acceptors (Lipinski definition) is 22. The summed E-state index contributed by atoms with van der Waals surface area (Å²) in [6.07, 6.45) is -10.7. The minimum atomic E-state index is -2.00. The van der Waals surface area contributed by atoms with Crippen LogP contribution in [0.15, 0.2) is 71.8 Å². The van der Waals surface area contributed by atoms with E-state index in [1.807, 2.05) is 0 Å². The molecule has 2 aromatic rings. The third kappa shape index (κ3) is 20.3. The predicted octanol–water partition coefficient (Wildman–Crippen LogP) is 5.64. The molecule has 2 aromatic carbocycles. The summed E-state index contributed by atoms with van der Waals surface area (Å²) in [6.45, 7) is 11.8. The van der Waals surface area contributed by atoms with Crippen molar-refractivity contribution in [1.29, 1.82) is 0 Å². The van der Waals surface area contributed by atoms with E-state index in [4.69, 9.17) is 43.0 Å². The molecule has 91 heavy (non-hydrogen) atoms. The molecule has 3 aliphatic rings. The van der Waals surface area contributed by atoms with E-state index in [1.54, 1.807) is 76.2 Å². The molecule has 1 saturated heterocycles. The van der Waals surface area contributed by atoms with Gasteiger partial charge in [0.05, 0.1) is 41.0 Å². The van der Waals surface area contributed by atoms with Crippen molar-refractivity contribution < 1.29 is 111 Å². The van der Waals surface area contributed by atoms with Crippen molar-refractivity contribution in [3.8, 4) is 0 Å². The first kappa shape index (κ1) is 74.4. The maximum absolute atomic E-state index is 15.8. The van der Waals surface area contributed by atoms with E-state index in [1.165, 1.54) is 75.6 Å². The molecule has 4 amide bonds. The number of alkyl carbamates (subject to hydrolysis) is 1. The van der Waals surface area contributed by atoms with Crippen molar-refractivity contribution in [3.63, 3.8) is 0 Å². The maximum Gasteiger partial charge on any atom is 0.408 e. The number of esters is 4. The minimum absolute atomic E-state index is 0.0218. The van der Waals surface area contributed by atoms with Gasteiger partial charge >= 0.3 is 53.9 Å². The summed E-state index contributed by atoms with van der Waals surface area (Å²) in [6, 6.07) is 10.4. The van der Waals surface area contributed by atoms with E-state index < -0.39 is 162 Å². The van der Waals surface area contributed by atoms with Gasteiger partial charge in [-0.15, -0.1) is 0 Å². The van der Waals surface area contributed by atoms with Crippen LogP contribution in [-0.2, 0) is 76.3 Å². The number of aliphatic carboxylic acids is 3. The average Bonchev–Trinajstić information content (AvgIpc) is 1.56. The number of methoxy groups -OCH3 is 2. The number of ketones is 1. The standard InChI is InChI=1S/C62H84N4O23S2/c1-34-40(30-41(86-55(77)37-22-15-12-16-23-37)51-61(8,52(72)49(83-10)47(34)60(6,7)81)42(82-9)31-43-62(51,33-84-43)88-35(2)67)85-56(78)50(48(36-20-13-11-14-21-36)66-58(80)89-59(3,4)5)87-46(71)25-19-29-90-91-32-44(68)63-28-18-17-24-38(53(73)74)64-57(79)65-39(54(75)76)26-27-45(69)70/h11-16,20-23,38-43,48-51,81H,17-19,24-33H2,1-10H3,(H,63,68)(H,66,80)(H,69,70)(H,73,74)(H,75,76)(H2,64,65,79)/b47-34-/t38-,39-,40-,41+,42-,43+,48-,49+,50+,51-,61+,62-/m0/s1. The molecule has 0 bridgehead atoms. The lowest BCUT2D eigenvalue weighted by molar-refractivity contribution is -0.332. The molecule has 502 valence electrons. The molecule has 29 heteroatoms. The molecule has 12 atom stereocenters. The summed E-state index contributed by atoms with van der Waals surface area (Å²) in [4.78, 5) is 146. The number of rotatable bonds is 31. The molecule has 0 radical (unpaired) electrons. The van der Waals surface area contributed by atoms with E-state index in [0.717, 1.165) is 0 Å². The zero-order valence-electron chi connectivity index (χ0n) is 52.6. The van der Waals surface area contributed by atoms with Gasteiger partial charge in [0, 0.05) is 59.1 Å². The van der Waals surface area contributed by atoms with Gasteiger partial charge in [-0.1, -0.05) is 70.1 Å². The second kappa shape index (κ2) is 33.3. The van der Waals surface area contributed by atoms with E-state index in [-0.39, 0.29) is 79.2 Å². The number of urea groups is 1. The predicted molar refractivity (Wildman–Crippen MR) is 327 cm³/mol. The van der Waals surface area contributed by atoms with Crippen molar-refractivity contribution >= 4 is 87.2 Å². The van der Waals surface area contributed by atoms with Gasteiger partial charge in [0.25, 0.3) is 0 Å². The number of ether oxygens (including phenoxy) is 8. The van der Waals surface area contributed by atoms with Crippen molar-refractivity contribution in [2.24, 2.45) is 11.3 Å². The number of nitrogens with one attached hydrogen (secondary N) is 4. The number of carbonyl (C=O) groups excluding carboxylic acids is 8. The Bertz CT molecular complexity index is 2960. The molecule has 0 spiro atoms. The number of aliphatic hydroxyl groups is 1. The molecule has 5 rings (SSSR count). The SMILES string of the molecule is CO[C@H]1C[C@H]2OC[C@@]2(OC(C)=O)[C@H]2[C@H](OC(=O)c3ccccc3)C[C@H](OC(=O)[C@H](OC(=O)CCCSSCC(=O)NCCCC[C@H](NC(=O)N[C@@H](CCC(=O)O)C(=O)O)C(=O)O)[C@@H](NC(=O)OC(C)(C)C)c3ccccc3)/C(C)=C(\C(C)(C)O)[C@@H](OC)C(=O)[C@]12C. The van der Waals surface area contributed by atoms with Crippen molar-refractivity contribution in [2.75, 3.05) is 38.9 Å². The number of Topliss-reactive ketones (excluding diaryl/α,β-unsaturated/α-hetero) is 1. The van der Waals surface area contributed by atoms with Crippen molar-refractivity contribution in [1.82, 2.24) is 21.3 Å². The topological polar surface area (TPSA) is 391 Å². The van der Waals surface area contributed by atoms with E-state index in [0.29, 0.717) is 12.2 Å². The summed E-state index contributed by atoms with van der Waals surface area (Å²) in [7, 11) is 5.07. The normalized spacial score (nSPS) is 24.4. The van der Waals surface area contributed by atoms with Gasteiger partial charge in [-0.25, -0.2) is 28.8 Å². The molecule has 1 aliphatic heterocycles. The average molecular weight is 1320 g/mol. The van der Waals surface area contributed by atoms with Gasteiger partial charge in [-0.05, 0) is 109 Å². The second-order valence-electron chi connectivity index (χ2n) is 24.0. The number of unbranched alkanes of at least 4 members (excludes halogenated alkanes) is 1. The summed E-state index contributed by atoms with van der Waals surface area (Å²) in [5.41, 5.74) is -6.00. The number of carboxylic acids is 3. The molecule has 0 aromatic heterocycles. The number of fused-ring (bicyclic) bond motifs is 3. The fourth-order valence-corrected chi connectivity index (χ4v) is 13.6. The smallest absolute Gasteiger partial charge is 0.408 e. The molecule has 1 saturated carbocycles. The lowest BCUT2D eigenvalue weighted by Gasteiger charge is -2.63. The molecule has 8 N–H and O–H groups in total. The Balaban J connectivity index is 1.39. The van der Waals surface area contributed by atoms with Gasteiger partial charge in [0.2, 0.25) is 12.0 Å². The highest BCUT2D eigenvalue weighted by molar-refractivity contribution is 8.76. The number of benzene rings is 2. The lowest BCUT2D eigenvalue weighted by atomic mass is 9.51. The Morgan fingerprint density at radius 1 is 0.780 bits per heavy atom. The van der Waals surface area contributed by atoms with Crippen LogP contribution < -0.4 is 21.3 Å². The van der Waals surface area contributed by atoms with Crippen LogP contribution in [0.1, 0.15) is 135 Å². The molecule has 27 nitrogen and oxygen atoms in total. The number of carboxylic acid groups (broad SMARTS) is 3. The molecular weight excluding hydrogens is 1230 g/mol. The first-order valence-electron chi connectivity index (χ1n) is 29.6. The number of carbonyl (C=O) groups is 11. The highest BCUT2D eigenvalue weighted by Crippen LogP contribution is 2.59. The van der Waals surface area contributed by atoms with Gasteiger partial charge < -0.3 is 79.6 Å². The molecular formula is C62H84N4O23S2. The molecule has 2 aliphatic carbocycles. The van der Waals surface area contributed by atoms with Gasteiger partial charge in [0.15, 0.2) is 11.4 Å².